The number of benzene rings is 2. The molecule has 0 aliphatic carbocycles. The number of ether oxygens (including phenoxy) is 1. The molecule has 2 nitrogen and oxygen atoms in total. The Bertz CT molecular complexity index is 714. The van der Waals surface area contributed by atoms with Crippen LogP contribution in [-0.2, 0) is 9.53 Å². The summed E-state index contributed by atoms with van der Waals surface area (Å²) in [6.07, 6.45) is 8.46. The molecule has 0 fully saturated rings. The molecule has 2 rings (SSSR count). The van der Waals surface area contributed by atoms with Crippen molar-refractivity contribution >= 4 is 29.5 Å². The smallest absolute Gasteiger partial charge is 0.333 e. The van der Waals surface area contributed by atoms with Crippen LogP contribution >= 0.6 is 23.5 Å². The number of unbranched alkanes of at least 4 members (excludes halogenated alkanes) is 4. The molecule has 0 aliphatic rings. The van der Waals surface area contributed by atoms with Gasteiger partial charge in [0.05, 0.1) is 6.61 Å². The maximum absolute atomic E-state index is 12.0. The molecule has 2 aromatic rings. The Morgan fingerprint density at radius 2 is 1.34 bits per heavy atom. The van der Waals surface area contributed by atoms with Crippen LogP contribution in [0.4, 0.5) is 0 Å². The van der Waals surface area contributed by atoms with E-state index in [0.29, 0.717) is 6.61 Å². The maximum atomic E-state index is 12.0. The van der Waals surface area contributed by atoms with Crippen molar-refractivity contribution in [1.82, 2.24) is 0 Å². The molecule has 0 heterocycles. The summed E-state index contributed by atoms with van der Waals surface area (Å²) in [5, 5.41) is 0. The zero-order chi connectivity index (χ0) is 20.6. The van der Waals surface area contributed by atoms with E-state index < -0.39 is 0 Å². The maximum Gasteiger partial charge on any atom is 0.333 e. The van der Waals surface area contributed by atoms with Gasteiger partial charge in [0.15, 0.2) is 0 Å². The van der Waals surface area contributed by atoms with Crippen molar-refractivity contribution in [3.63, 3.8) is 0 Å². The SMILES string of the molecule is CC(=CCCCCCSc1ccccc1)C(=O)OCCCCSc1ccccc1. The van der Waals surface area contributed by atoms with Crippen LogP contribution in [0.3, 0.4) is 0 Å². The molecule has 0 bridgehead atoms. The third-order valence-corrected chi connectivity index (χ3v) is 6.61. The highest BCUT2D eigenvalue weighted by atomic mass is 32.2. The third-order valence-electron chi connectivity index (χ3n) is 4.42. The molecule has 0 saturated heterocycles. The van der Waals surface area contributed by atoms with Crippen LogP contribution in [-0.4, -0.2) is 24.1 Å². The fourth-order valence-electron chi connectivity index (χ4n) is 2.72. The van der Waals surface area contributed by atoms with Crippen molar-refractivity contribution in [3.05, 3.63) is 72.3 Å². The van der Waals surface area contributed by atoms with Crippen molar-refractivity contribution in [1.29, 1.82) is 0 Å². The first-order chi connectivity index (χ1) is 14.3. The van der Waals surface area contributed by atoms with E-state index in [4.69, 9.17) is 4.74 Å². The van der Waals surface area contributed by atoms with Crippen LogP contribution in [0.5, 0.6) is 0 Å². The number of esters is 1. The molecule has 0 aromatic heterocycles. The summed E-state index contributed by atoms with van der Waals surface area (Å²) in [6.45, 7) is 2.37. The first-order valence-corrected chi connectivity index (χ1v) is 12.4. The van der Waals surface area contributed by atoms with Gasteiger partial charge in [-0.25, -0.2) is 4.79 Å². The van der Waals surface area contributed by atoms with Crippen LogP contribution in [0, 0.1) is 0 Å². The van der Waals surface area contributed by atoms with Gasteiger partial charge in [0.25, 0.3) is 0 Å². The number of carbonyl (C=O) groups excluding carboxylic acids is 1. The summed E-state index contributed by atoms with van der Waals surface area (Å²) in [4.78, 5) is 14.7. The largest absolute Gasteiger partial charge is 0.462 e. The van der Waals surface area contributed by atoms with Gasteiger partial charge < -0.3 is 4.74 Å². The van der Waals surface area contributed by atoms with Gasteiger partial charge in [0.1, 0.15) is 0 Å². The molecular weight excluding hydrogens is 396 g/mol. The van der Waals surface area contributed by atoms with E-state index in [0.717, 1.165) is 42.8 Å². The van der Waals surface area contributed by atoms with Crippen molar-refractivity contribution in [3.8, 4) is 0 Å². The lowest BCUT2D eigenvalue weighted by Crippen LogP contribution is -2.07. The summed E-state index contributed by atoms with van der Waals surface area (Å²) >= 11 is 3.76. The Kier molecular flexibility index (Phi) is 12.4. The van der Waals surface area contributed by atoms with Crippen LogP contribution in [0.2, 0.25) is 0 Å². The number of allylic oxidation sites excluding steroid dienone is 1. The zero-order valence-corrected chi connectivity index (χ0v) is 19.0. The molecule has 0 N–H and O–H groups in total. The standard InChI is InChI=1S/C25H32O2S2/c1-22(14-6-2-3-12-20-28-23-15-7-4-8-16-23)25(26)27-19-11-13-21-29-24-17-9-5-10-18-24/h4-5,7-10,14-18H,2-3,6,11-13,19-21H2,1H3. The summed E-state index contributed by atoms with van der Waals surface area (Å²) in [7, 11) is 0. The minimum absolute atomic E-state index is 0.166. The lowest BCUT2D eigenvalue weighted by atomic mass is 10.1. The second-order valence-corrected chi connectivity index (χ2v) is 9.24. The van der Waals surface area contributed by atoms with E-state index in [1.165, 1.54) is 22.6 Å². The van der Waals surface area contributed by atoms with E-state index in [1.54, 1.807) is 0 Å². The van der Waals surface area contributed by atoms with E-state index in [2.05, 4.69) is 54.6 Å². The fourth-order valence-corrected chi connectivity index (χ4v) is 4.59. The van der Waals surface area contributed by atoms with Gasteiger partial charge in [-0.3, -0.25) is 0 Å². The number of carbonyl (C=O) groups is 1. The number of hydrogen-bond donors (Lipinski definition) is 0. The van der Waals surface area contributed by atoms with Gasteiger partial charge in [-0.05, 0) is 74.8 Å². The number of hydrogen-bond acceptors (Lipinski definition) is 4. The minimum atomic E-state index is -0.166. The molecule has 0 amide bonds. The van der Waals surface area contributed by atoms with Gasteiger partial charge in [0.2, 0.25) is 0 Å². The van der Waals surface area contributed by atoms with Crippen LogP contribution in [0.25, 0.3) is 0 Å². The van der Waals surface area contributed by atoms with Gasteiger partial charge in [-0.2, -0.15) is 0 Å². The Morgan fingerprint density at radius 3 is 1.93 bits per heavy atom. The lowest BCUT2D eigenvalue weighted by Gasteiger charge is -2.06. The van der Waals surface area contributed by atoms with Gasteiger partial charge >= 0.3 is 5.97 Å². The molecule has 0 atom stereocenters. The summed E-state index contributed by atoms with van der Waals surface area (Å²) < 4.78 is 5.38. The highest BCUT2D eigenvalue weighted by molar-refractivity contribution is 7.99. The Morgan fingerprint density at radius 1 is 0.793 bits per heavy atom. The monoisotopic (exact) mass is 428 g/mol. The predicted octanol–water partition coefficient (Wildman–Crippen LogP) is 7.40. The molecule has 0 radical (unpaired) electrons. The molecule has 0 aliphatic heterocycles. The summed E-state index contributed by atoms with van der Waals surface area (Å²) in [5.74, 6) is 2.04. The second kappa shape index (κ2) is 15.2. The summed E-state index contributed by atoms with van der Waals surface area (Å²) in [5.41, 5.74) is 0.738. The molecule has 0 saturated carbocycles. The third kappa shape index (κ3) is 11.2. The van der Waals surface area contributed by atoms with Crippen LogP contribution < -0.4 is 0 Å². The van der Waals surface area contributed by atoms with E-state index in [1.807, 2.05) is 42.6 Å². The lowest BCUT2D eigenvalue weighted by molar-refractivity contribution is -0.139. The normalized spacial score (nSPS) is 11.4. The highest BCUT2D eigenvalue weighted by Gasteiger charge is 2.05. The first kappa shape index (κ1) is 23.6. The Labute approximate surface area is 184 Å². The van der Waals surface area contributed by atoms with E-state index >= 15 is 0 Å². The number of thioether (sulfide) groups is 2. The topological polar surface area (TPSA) is 26.3 Å². The van der Waals surface area contributed by atoms with Crippen LogP contribution in [0.1, 0.15) is 45.4 Å². The van der Waals surface area contributed by atoms with Crippen molar-refractivity contribution in [2.45, 2.75) is 55.2 Å². The van der Waals surface area contributed by atoms with Gasteiger partial charge in [-0.15, -0.1) is 23.5 Å². The van der Waals surface area contributed by atoms with E-state index in [-0.39, 0.29) is 5.97 Å². The number of rotatable bonds is 14. The Hall–Kier alpha value is -1.65. The molecule has 2 aromatic carbocycles. The quantitative estimate of drug-likeness (QED) is 0.135. The fraction of sp³-hybridized carbons (Fsp3) is 0.400. The van der Waals surface area contributed by atoms with E-state index in [9.17, 15) is 4.79 Å². The summed E-state index contributed by atoms with van der Waals surface area (Å²) in [6, 6.07) is 20.9. The van der Waals surface area contributed by atoms with Crippen molar-refractivity contribution in [2.24, 2.45) is 0 Å². The van der Waals surface area contributed by atoms with Gasteiger partial charge in [-0.1, -0.05) is 48.9 Å². The van der Waals surface area contributed by atoms with Gasteiger partial charge in [0, 0.05) is 15.4 Å². The molecule has 4 heteroatoms. The molecule has 29 heavy (non-hydrogen) atoms. The average molecular weight is 429 g/mol. The van der Waals surface area contributed by atoms with Crippen LogP contribution in [0.15, 0.2) is 82.1 Å². The minimum Gasteiger partial charge on any atom is -0.462 e. The first-order valence-electron chi connectivity index (χ1n) is 10.5. The molecular formula is C25H32O2S2. The zero-order valence-electron chi connectivity index (χ0n) is 17.3. The highest BCUT2D eigenvalue weighted by Crippen LogP contribution is 2.19. The predicted molar refractivity (Wildman–Crippen MR) is 127 cm³/mol. The van der Waals surface area contributed by atoms with Crippen molar-refractivity contribution in [2.75, 3.05) is 18.1 Å². The second-order valence-electron chi connectivity index (χ2n) is 6.90. The average Bonchev–Trinajstić information content (AvgIpc) is 2.76. The molecule has 0 spiro atoms. The Balaban J connectivity index is 1.44. The molecule has 156 valence electrons. The van der Waals surface area contributed by atoms with Crippen molar-refractivity contribution < 1.29 is 9.53 Å². The molecule has 0 unspecified atom stereocenters.